The molecule has 0 heterocycles. The maximum absolute atomic E-state index is 11.7. The maximum atomic E-state index is 11.7. The van der Waals surface area contributed by atoms with Gasteiger partial charge in [-0.15, -0.1) is 0 Å². The molecular formula is C9H19FN2. The summed E-state index contributed by atoms with van der Waals surface area (Å²) in [6.07, 6.45) is 2.67. The van der Waals surface area contributed by atoms with Crippen molar-refractivity contribution in [3.05, 3.63) is 0 Å². The molecule has 1 rings (SSSR count). The molecule has 0 radical (unpaired) electrons. The van der Waals surface area contributed by atoms with Gasteiger partial charge in [-0.1, -0.05) is 0 Å². The van der Waals surface area contributed by atoms with Gasteiger partial charge in [0.2, 0.25) is 0 Å². The first kappa shape index (κ1) is 9.93. The lowest BCUT2D eigenvalue weighted by atomic mass is 10.3. The van der Waals surface area contributed by atoms with E-state index >= 15 is 0 Å². The summed E-state index contributed by atoms with van der Waals surface area (Å²) in [4.78, 5) is 2.38. The minimum absolute atomic E-state index is 0.264. The van der Waals surface area contributed by atoms with Gasteiger partial charge in [0.15, 0.2) is 0 Å². The Balaban J connectivity index is 2.04. The van der Waals surface area contributed by atoms with Crippen LogP contribution in [0, 0.1) is 0 Å². The first-order chi connectivity index (χ1) is 5.75. The summed E-state index contributed by atoms with van der Waals surface area (Å²) in [6, 6.07) is 1.33. The maximum Gasteiger partial charge on any atom is 0.102 e. The van der Waals surface area contributed by atoms with Crippen LogP contribution in [0.2, 0.25) is 0 Å². The lowest BCUT2D eigenvalue weighted by Crippen LogP contribution is -2.39. The van der Waals surface area contributed by atoms with E-state index in [2.05, 4.69) is 24.2 Å². The quantitative estimate of drug-likeness (QED) is 0.605. The van der Waals surface area contributed by atoms with Crippen LogP contribution in [0.15, 0.2) is 0 Å². The van der Waals surface area contributed by atoms with Crippen LogP contribution >= 0.6 is 0 Å². The van der Waals surface area contributed by atoms with Crippen molar-refractivity contribution in [3.8, 4) is 0 Å². The Morgan fingerprint density at radius 3 is 2.75 bits per heavy atom. The van der Waals surface area contributed by atoms with Crippen molar-refractivity contribution in [2.75, 3.05) is 26.8 Å². The molecule has 72 valence electrons. The van der Waals surface area contributed by atoms with E-state index in [0.717, 1.165) is 12.6 Å². The van der Waals surface area contributed by atoms with Crippen LogP contribution in [0.5, 0.6) is 0 Å². The molecule has 12 heavy (non-hydrogen) atoms. The van der Waals surface area contributed by atoms with Crippen molar-refractivity contribution in [1.82, 2.24) is 10.2 Å². The first-order valence-corrected chi connectivity index (χ1v) is 4.74. The van der Waals surface area contributed by atoms with Gasteiger partial charge in [-0.25, -0.2) is 4.39 Å². The number of alkyl halides is 1. The zero-order valence-corrected chi connectivity index (χ0v) is 8.02. The van der Waals surface area contributed by atoms with Crippen molar-refractivity contribution < 1.29 is 4.39 Å². The summed E-state index contributed by atoms with van der Waals surface area (Å²) in [5, 5.41) is 3.08. The molecule has 1 aliphatic rings. The number of nitrogens with zero attached hydrogens (tertiary/aromatic N) is 1. The van der Waals surface area contributed by atoms with Gasteiger partial charge in [0.25, 0.3) is 0 Å². The number of hydrogen-bond acceptors (Lipinski definition) is 2. The third-order valence-electron chi connectivity index (χ3n) is 2.53. The van der Waals surface area contributed by atoms with E-state index in [0.29, 0.717) is 12.6 Å². The fraction of sp³-hybridized carbons (Fsp3) is 1.00. The predicted octanol–water partition coefficient (Wildman–Crippen LogP) is 1.03. The molecule has 1 unspecified atom stereocenters. The second-order valence-electron chi connectivity index (χ2n) is 3.64. The molecule has 0 amide bonds. The minimum atomic E-state index is -0.264. The largest absolute Gasteiger partial charge is 0.313 e. The first-order valence-electron chi connectivity index (χ1n) is 4.74. The van der Waals surface area contributed by atoms with Crippen LogP contribution < -0.4 is 5.32 Å². The van der Waals surface area contributed by atoms with Crippen LogP contribution in [-0.2, 0) is 0 Å². The van der Waals surface area contributed by atoms with Gasteiger partial charge in [0, 0.05) is 25.2 Å². The van der Waals surface area contributed by atoms with Crippen molar-refractivity contribution in [2.24, 2.45) is 0 Å². The summed E-state index contributed by atoms with van der Waals surface area (Å²) >= 11 is 0. The Morgan fingerprint density at radius 1 is 1.58 bits per heavy atom. The number of rotatable bonds is 6. The summed E-state index contributed by atoms with van der Waals surface area (Å²) in [7, 11) is 2.15. The van der Waals surface area contributed by atoms with Gasteiger partial charge in [-0.2, -0.15) is 0 Å². The lowest BCUT2D eigenvalue weighted by Gasteiger charge is -2.24. The van der Waals surface area contributed by atoms with Crippen molar-refractivity contribution >= 4 is 0 Å². The lowest BCUT2D eigenvalue weighted by molar-refractivity contribution is 0.240. The summed E-state index contributed by atoms with van der Waals surface area (Å²) < 4.78 is 11.7. The second-order valence-corrected chi connectivity index (χ2v) is 3.64. The summed E-state index contributed by atoms with van der Waals surface area (Å²) in [5.74, 6) is 0. The SMILES string of the molecule is CC(CNCCF)N(C)C1CC1. The highest BCUT2D eigenvalue weighted by molar-refractivity contribution is 4.85. The molecule has 1 N–H and O–H groups in total. The molecule has 0 spiro atoms. The van der Waals surface area contributed by atoms with Crippen LogP contribution in [0.1, 0.15) is 19.8 Å². The topological polar surface area (TPSA) is 15.3 Å². The normalized spacial score (nSPS) is 20.0. The zero-order valence-electron chi connectivity index (χ0n) is 8.02. The number of hydrogen-bond donors (Lipinski definition) is 1. The molecular weight excluding hydrogens is 155 g/mol. The second kappa shape index (κ2) is 4.77. The Labute approximate surface area is 74.1 Å². The molecule has 2 nitrogen and oxygen atoms in total. The number of nitrogens with one attached hydrogen (secondary N) is 1. The third kappa shape index (κ3) is 3.07. The molecule has 1 fully saturated rings. The van der Waals surface area contributed by atoms with E-state index in [4.69, 9.17) is 0 Å². The number of likely N-dealkylation sites (N-methyl/N-ethyl adjacent to an activating group) is 1. The molecule has 0 aromatic heterocycles. The molecule has 1 saturated carbocycles. The van der Waals surface area contributed by atoms with E-state index in [1.807, 2.05) is 0 Å². The van der Waals surface area contributed by atoms with E-state index in [1.54, 1.807) is 0 Å². The molecule has 0 aromatic rings. The van der Waals surface area contributed by atoms with E-state index in [9.17, 15) is 4.39 Å². The van der Waals surface area contributed by atoms with Gasteiger partial charge in [-0.3, -0.25) is 4.90 Å². The molecule has 0 aliphatic heterocycles. The highest BCUT2D eigenvalue weighted by Crippen LogP contribution is 2.26. The van der Waals surface area contributed by atoms with E-state index < -0.39 is 0 Å². The van der Waals surface area contributed by atoms with Gasteiger partial charge in [0.1, 0.15) is 6.67 Å². The summed E-state index contributed by atoms with van der Waals surface area (Å²) in [6.45, 7) is 3.31. The zero-order chi connectivity index (χ0) is 8.97. The van der Waals surface area contributed by atoms with Crippen LogP contribution in [0.4, 0.5) is 4.39 Å². The molecule has 0 bridgehead atoms. The Kier molecular flexibility index (Phi) is 3.95. The van der Waals surface area contributed by atoms with Crippen molar-refractivity contribution in [1.29, 1.82) is 0 Å². The summed E-state index contributed by atoms with van der Waals surface area (Å²) in [5.41, 5.74) is 0. The molecule has 0 aromatic carbocycles. The smallest absolute Gasteiger partial charge is 0.102 e. The Morgan fingerprint density at radius 2 is 2.25 bits per heavy atom. The van der Waals surface area contributed by atoms with Crippen molar-refractivity contribution in [2.45, 2.75) is 31.8 Å². The average molecular weight is 174 g/mol. The van der Waals surface area contributed by atoms with Gasteiger partial charge in [0.05, 0.1) is 0 Å². The molecule has 3 heteroatoms. The Hall–Kier alpha value is -0.150. The number of halogens is 1. The minimum Gasteiger partial charge on any atom is -0.313 e. The van der Waals surface area contributed by atoms with E-state index in [1.165, 1.54) is 12.8 Å². The van der Waals surface area contributed by atoms with Crippen LogP contribution in [0.3, 0.4) is 0 Å². The highest BCUT2D eigenvalue weighted by Gasteiger charge is 2.28. The Bertz CT molecular complexity index is 126. The standard InChI is InChI=1S/C9H19FN2/c1-8(7-11-6-5-10)12(2)9-3-4-9/h8-9,11H,3-7H2,1-2H3. The monoisotopic (exact) mass is 174 g/mol. The van der Waals surface area contributed by atoms with Gasteiger partial charge in [-0.05, 0) is 26.8 Å². The third-order valence-corrected chi connectivity index (χ3v) is 2.53. The van der Waals surface area contributed by atoms with Crippen molar-refractivity contribution in [3.63, 3.8) is 0 Å². The molecule has 1 aliphatic carbocycles. The fourth-order valence-electron chi connectivity index (χ4n) is 1.36. The van der Waals surface area contributed by atoms with Gasteiger partial charge >= 0.3 is 0 Å². The average Bonchev–Trinajstić information content (AvgIpc) is 2.86. The fourth-order valence-corrected chi connectivity index (χ4v) is 1.36. The van der Waals surface area contributed by atoms with Crippen LogP contribution in [-0.4, -0.2) is 43.8 Å². The van der Waals surface area contributed by atoms with E-state index in [-0.39, 0.29) is 6.67 Å². The van der Waals surface area contributed by atoms with Gasteiger partial charge < -0.3 is 5.32 Å². The predicted molar refractivity (Wildman–Crippen MR) is 49.1 cm³/mol. The molecule has 1 atom stereocenters. The van der Waals surface area contributed by atoms with Crippen LogP contribution in [0.25, 0.3) is 0 Å². The highest BCUT2D eigenvalue weighted by atomic mass is 19.1. The molecule has 0 saturated heterocycles.